The van der Waals surface area contributed by atoms with Crippen molar-refractivity contribution in [2.75, 3.05) is 18.6 Å². The van der Waals surface area contributed by atoms with E-state index >= 15 is 0 Å². The van der Waals surface area contributed by atoms with Crippen molar-refractivity contribution in [1.29, 1.82) is 0 Å². The fourth-order valence-corrected chi connectivity index (χ4v) is 4.79. The van der Waals surface area contributed by atoms with Crippen LogP contribution in [0, 0.1) is 0 Å². The minimum Gasteiger partial charge on any atom is -0.468 e. The van der Waals surface area contributed by atoms with Crippen molar-refractivity contribution < 1.29 is 14.3 Å². The number of methoxy groups -OCH3 is 1. The molecule has 0 saturated carbocycles. The first-order valence-electron chi connectivity index (χ1n) is 7.68. The smallest absolute Gasteiger partial charge is 0.316 e. The number of hydrogen-bond acceptors (Lipinski definition) is 9. The summed E-state index contributed by atoms with van der Waals surface area (Å²) < 4.78 is 12.3. The first-order chi connectivity index (χ1) is 11.9. The van der Waals surface area contributed by atoms with E-state index < -0.39 is 0 Å². The number of carbonyl (C=O) groups is 1. The molecule has 4 heterocycles. The van der Waals surface area contributed by atoms with Crippen LogP contribution in [0.3, 0.4) is 0 Å². The molecule has 10 heteroatoms. The van der Waals surface area contributed by atoms with Crippen LogP contribution in [0.25, 0.3) is 15.9 Å². The summed E-state index contributed by atoms with van der Waals surface area (Å²) in [6, 6.07) is 0. The third kappa shape index (κ3) is 2.74. The maximum Gasteiger partial charge on any atom is 0.316 e. The van der Waals surface area contributed by atoms with Crippen LogP contribution in [-0.2, 0) is 27.3 Å². The lowest BCUT2D eigenvalue weighted by molar-refractivity contribution is -0.137. The SMILES string of the molecule is COC(=O)CSc1nnc2c3c4c(sc3nc(N)n12)COC(C)(C)C4. The van der Waals surface area contributed by atoms with Crippen LogP contribution < -0.4 is 5.73 Å². The topological polar surface area (TPSA) is 105 Å². The van der Waals surface area contributed by atoms with Gasteiger partial charge in [-0.15, -0.1) is 21.5 Å². The van der Waals surface area contributed by atoms with Crippen LogP contribution in [0.2, 0.25) is 0 Å². The molecule has 0 saturated heterocycles. The Balaban J connectivity index is 1.87. The Kier molecular flexibility index (Phi) is 3.85. The number of fused-ring (bicyclic) bond motifs is 5. The minimum absolute atomic E-state index is 0.136. The van der Waals surface area contributed by atoms with Crippen LogP contribution >= 0.6 is 23.1 Å². The molecule has 3 aromatic heterocycles. The average molecular weight is 379 g/mol. The summed E-state index contributed by atoms with van der Waals surface area (Å²) in [4.78, 5) is 17.9. The number of anilines is 1. The van der Waals surface area contributed by atoms with Crippen LogP contribution in [0.5, 0.6) is 0 Å². The van der Waals surface area contributed by atoms with Gasteiger partial charge in [0.25, 0.3) is 0 Å². The molecule has 1 aliphatic heterocycles. The number of thiophene rings is 1. The van der Waals surface area contributed by atoms with E-state index in [2.05, 4.69) is 33.8 Å². The summed E-state index contributed by atoms with van der Waals surface area (Å²) in [5.41, 5.74) is 7.77. The standard InChI is InChI=1S/C15H17N5O3S2/c1-15(2)4-7-8(5-23-15)25-12-10(7)11-18-19-14(20(11)13(16)17-12)24-6-9(21)22-3/h4-6H2,1-3H3,(H2,16,17). The Hall–Kier alpha value is -1.91. The zero-order valence-electron chi connectivity index (χ0n) is 14.0. The third-order valence-electron chi connectivity index (χ3n) is 4.12. The number of thioether (sulfide) groups is 1. The molecule has 0 aromatic carbocycles. The van der Waals surface area contributed by atoms with Crippen molar-refractivity contribution in [2.45, 2.75) is 37.6 Å². The van der Waals surface area contributed by atoms with E-state index in [1.807, 2.05) is 0 Å². The number of ether oxygens (including phenoxy) is 2. The molecule has 0 atom stereocenters. The fourth-order valence-electron chi connectivity index (χ4n) is 2.92. The van der Waals surface area contributed by atoms with Crippen LogP contribution in [0.4, 0.5) is 5.95 Å². The lowest BCUT2D eigenvalue weighted by atomic mass is 9.94. The van der Waals surface area contributed by atoms with Crippen molar-refractivity contribution in [3.8, 4) is 0 Å². The van der Waals surface area contributed by atoms with E-state index in [-0.39, 0.29) is 17.3 Å². The number of hydrogen-bond donors (Lipinski definition) is 1. The quantitative estimate of drug-likeness (QED) is 0.544. The van der Waals surface area contributed by atoms with Gasteiger partial charge in [-0.3, -0.25) is 4.79 Å². The maximum atomic E-state index is 11.4. The third-order valence-corrected chi connectivity index (χ3v) is 6.12. The number of esters is 1. The summed E-state index contributed by atoms with van der Waals surface area (Å²) in [6.45, 7) is 4.71. The van der Waals surface area contributed by atoms with E-state index in [0.29, 0.717) is 23.4 Å². The summed E-state index contributed by atoms with van der Waals surface area (Å²) in [6.07, 6.45) is 0.779. The molecule has 25 heavy (non-hydrogen) atoms. The van der Waals surface area contributed by atoms with E-state index in [0.717, 1.165) is 21.5 Å². The highest BCUT2D eigenvalue weighted by molar-refractivity contribution is 7.99. The molecule has 0 unspecified atom stereocenters. The first kappa shape index (κ1) is 16.6. The Morgan fingerprint density at radius 1 is 1.48 bits per heavy atom. The number of nitrogen functional groups attached to an aromatic ring is 1. The Morgan fingerprint density at radius 2 is 2.28 bits per heavy atom. The predicted octanol–water partition coefficient (Wildman–Crippen LogP) is 2.04. The second-order valence-corrected chi connectivity index (χ2v) is 8.41. The lowest BCUT2D eigenvalue weighted by Gasteiger charge is -2.30. The number of rotatable bonds is 3. The lowest BCUT2D eigenvalue weighted by Crippen LogP contribution is -2.31. The highest BCUT2D eigenvalue weighted by Gasteiger charge is 2.31. The van der Waals surface area contributed by atoms with E-state index in [9.17, 15) is 4.79 Å². The Bertz CT molecular complexity index is 994. The first-order valence-corrected chi connectivity index (χ1v) is 9.48. The van der Waals surface area contributed by atoms with Crippen molar-refractivity contribution >= 4 is 50.9 Å². The Morgan fingerprint density at radius 3 is 3.04 bits per heavy atom. The summed E-state index contributed by atoms with van der Waals surface area (Å²) in [7, 11) is 1.35. The molecule has 4 rings (SSSR count). The molecule has 0 amide bonds. The van der Waals surface area contributed by atoms with Crippen molar-refractivity contribution in [1.82, 2.24) is 19.6 Å². The molecule has 0 radical (unpaired) electrons. The van der Waals surface area contributed by atoms with Gasteiger partial charge in [0.15, 0.2) is 10.8 Å². The van der Waals surface area contributed by atoms with Crippen LogP contribution in [-0.4, -0.2) is 44.0 Å². The predicted molar refractivity (Wildman–Crippen MR) is 95.9 cm³/mol. The molecule has 8 nitrogen and oxygen atoms in total. The number of nitrogens with zero attached hydrogens (tertiary/aromatic N) is 4. The molecule has 0 spiro atoms. The molecular formula is C15H17N5O3S2. The van der Waals surface area contributed by atoms with Crippen molar-refractivity contribution in [2.24, 2.45) is 0 Å². The van der Waals surface area contributed by atoms with E-state index in [1.54, 1.807) is 15.7 Å². The van der Waals surface area contributed by atoms with Crippen molar-refractivity contribution in [3.05, 3.63) is 10.4 Å². The highest BCUT2D eigenvalue weighted by atomic mass is 32.2. The van der Waals surface area contributed by atoms with Gasteiger partial charge in [-0.1, -0.05) is 11.8 Å². The molecule has 0 bridgehead atoms. The molecule has 132 valence electrons. The normalized spacial score (nSPS) is 16.3. The molecular weight excluding hydrogens is 362 g/mol. The zero-order chi connectivity index (χ0) is 17.8. The summed E-state index contributed by atoms with van der Waals surface area (Å²) in [5, 5.41) is 10.0. The van der Waals surface area contributed by atoms with Gasteiger partial charge >= 0.3 is 5.97 Å². The van der Waals surface area contributed by atoms with Gasteiger partial charge in [-0.05, 0) is 19.4 Å². The summed E-state index contributed by atoms with van der Waals surface area (Å²) >= 11 is 2.81. The van der Waals surface area contributed by atoms with Gasteiger partial charge in [0.1, 0.15) is 4.83 Å². The van der Waals surface area contributed by atoms with Gasteiger partial charge in [0, 0.05) is 11.3 Å². The number of aromatic nitrogens is 4. The maximum absolute atomic E-state index is 11.4. The minimum atomic E-state index is -0.332. The second-order valence-electron chi connectivity index (χ2n) is 6.39. The number of carbonyl (C=O) groups excluding carboxylic acids is 1. The van der Waals surface area contributed by atoms with Gasteiger partial charge in [-0.2, -0.15) is 0 Å². The average Bonchev–Trinajstić information content (AvgIpc) is 3.12. The number of nitrogens with two attached hydrogens (primary N) is 1. The van der Waals surface area contributed by atoms with Gasteiger partial charge < -0.3 is 15.2 Å². The fraction of sp³-hybridized carbons (Fsp3) is 0.467. The van der Waals surface area contributed by atoms with Gasteiger partial charge in [0.2, 0.25) is 5.95 Å². The monoisotopic (exact) mass is 379 g/mol. The van der Waals surface area contributed by atoms with E-state index in [4.69, 9.17) is 10.5 Å². The molecule has 0 aliphatic carbocycles. The zero-order valence-corrected chi connectivity index (χ0v) is 15.7. The molecule has 0 fully saturated rings. The van der Waals surface area contributed by atoms with Crippen LogP contribution in [0.1, 0.15) is 24.3 Å². The molecule has 1 aliphatic rings. The Labute approximate surface area is 151 Å². The van der Waals surface area contributed by atoms with Gasteiger partial charge in [0.05, 0.1) is 30.5 Å². The van der Waals surface area contributed by atoms with Crippen LogP contribution in [0.15, 0.2) is 5.16 Å². The van der Waals surface area contributed by atoms with E-state index in [1.165, 1.54) is 24.4 Å². The largest absolute Gasteiger partial charge is 0.468 e. The second kappa shape index (κ2) is 5.82. The molecule has 2 N–H and O–H groups in total. The highest BCUT2D eigenvalue weighted by Crippen LogP contribution is 2.40. The molecule has 3 aromatic rings. The van der Waals surface area contributed by atoms with Gasteiger partial charge in [-0.25, -0.2) is 9.38 Å². The van der Waals surface area contributed by atoms with Crippen molar-refractivity contribution in [3.63, 3.8) is 0 Å². The summed E-state index contributed by atoms with van der Waals surface area (Å²) in [5.74, 6) is 0.108.